The Bertz CT molecular complexity index is 815. The van der Waals surface area contributed by atoms with Gasteiger partial charge in [0.2, 0.25) is 5.91 Å². The highest BCUT2D eigenvalue weighted by molar-refractivity contribution is 7.91. The lowest BCUT2D eigenvalue weighted by molar-refractivity contribution is -0.135. The van der Waals surface area contributed by atoms with E-state index in [0.717, 1.165) is 5.69 Å². The predicted octanol–water partition coefficient (Wildman–Crippen LogP) is 2.24. The Kier molecular flexibility index (Phi) is 6.05. The molecule has 0 radical (unpaired) electrons. The zero-order valence-electron chi connectivity index (χ0n) is 14.7. The molecular formula is C18H23N3O3S2. The summed E-state index contributed by atoms with van der Waals surface area (Å²) >= 11 is 1.23. The molecule has 0 saturated carbocycles. The molecule has 1 aliphatic rings. The van der Waals surface area contributed by atoms with Crippen LogP contribution in [0.2, 0.25) is 0 Å². The zero-order valence-corrected chi connectivity index (χ0v) is 16.4. The van der Waals surface area contributed by atoms with E-state index in [4.69, 9.17) is 0 Å². The van der Waals surface area contributed by atoms with Crippen LogP contribution in [-0.4, -0.2) is 55.2 Å². The summed E-state index contributed by atoms with van der Waals surface area (Å²) in [5.74, 6) is -0.0207. The molecule has 0 spiro atoms. The third-order valence-corrected chi connectivity index (χ3v) is 7.97. The molecule has 2 aromatic heterocycles. The Hall–Kier alpha value is -1.77. The Morgan fingerprint density at radius 1 is 1.27 bits per heavy atom. The molecule has 2 aromatic rings. The van der Waals surface area contributed by atoms with Gasteiger partial charge in [0.05, 0.1) is 0 Å². The molecule has 1 amide bonds. The molecule has 1 saturated heterocycles. The Morgan fingerprint density at radius 3 is 2.65 bits per heavy atom. The van der Waals surface area contributed by atoms with Crippen molar-refractivity contribution in [3.05, 3.63) is 47.6 Å². The highest BCUT2D eigenvalue weighted by Crippen LogP contribution is 2.27. The molecule has 8 heteroatoms. The third-order valence-electron chi connectivity index (χ3n) is 4.70. The van der Waals surface area contributed by atoms with Crippen LogP contribution in [-0.2, 0) is 21.2 Å². The predicted molar refractivity (Wildman–Crippen MR) is 101 cm³/mol. The van der Waals surface area contributed by atoms with Crippen molar-refractivity contribution < 1.29 is 13.2 Å². The number of carbonyl (C=O) groups is 1. The number of likely N-dealkylation sites (N-methyl/N-ethyl adjacent to an activating group) is 1. The van der Waals surface area contributed by atoms with Crippen molar-refractivity contribution >= 4 is 27.3 Å². The van der Waals surface area contributed by atoms with E-state index in [1.807, 2.05) is 18.2 Å². The lowest BCUT2D eigenvalue weighted by Crippen LogP contribution is -2.43. The summed E-state index contributed by atoms with van der Waals surface area (Å²) in [7, 11) is -1.61. The topological polar surface area (TPSA) is 70.6 Å². The Balaban J connectivity index is 1.52. The van der Waals surface area contributed by atoms with Gasteiger partial charge in [0.1, 0.15) is 4.21 Å². The number of rotatable bonds is 6. The first-order valence-electron chi connectivity index (χ1n) is 8.67. The van der Waals surface area contributed by atoms with Gasteiger partial charge in [-0.1, -0.05) is 12.1 Å². The van der Waals surface area contributed by atoms with Crippen LogP contribution >= 0.6 is 11.3 Å². The highest BCUT2D eigenvalue weighted by Gasteiger charge is 2.33. The number of thiophene rings is 1. The smallest absolute Gasteiger partial charge is 0.252 e. The van der Waals surface area contributed by atoms with Crippen LogP contribution in [0.1, 0.15) is 18.5 Å². The molecule has 0 atom stereocenters. The van der Waals surface area contributed by atoms with Gasteiger partial charge in [0.25, 0.3) is 10.0 Å². The van der Waals surface area contributed by atoms with Crippen molar-refractivity contribution in [2.45, 2.75) is 23.5 Å². The van der Waals surface area contributed by atoms with Gasteiger partial charge in [-0.05, 0) is 36.4 Å². The quantitative estimate of drug-likeness (QED) is 0.755. The molecule has 26 heavy (non-hydrogen) atoms. The summed E-state index contributed by atoms with van der Waals surface area (Å²) < 4.78 is 27.0. The van der Waals surface area contributed by atoms with Crippen molar-refractivity contribution in [3.63, 3.8) is 0 Å². The van der Waals surface area contributed by atoms with E-state index in [1.165, 1.54) is 15.6 Å². The maximum Gasteiger partial charge on any atom is 0.252 e. The largest absolute Gasteiger partial charge is 0.345 e. The number of carbonyl (C=O) groups excluding carboxylic acids is 1. The number of nitrogens with zero attached hydrogens (tertiary/aromatic N) is 3. The number of hydrogen-bond donors (Lipinski definition) is 0. The first-order chi connectivity index (χ1) is 12.5. The van der Waals surface area contributed by atoms with Crippen LogP contribution < -0.4 is 0 Å². The molecule has 0 unspecified atom stereocenters. The molecule has 0 N–H and O–H groups in total. The molecule has 140 valence electrons. The van der Waals surface area contributed by atoms with E-state index in [0.29, 0.717) is 43.1 Å². The SMILES string of the molecule is CN(CCc1ccccn1)C(=O)C1CCN(S(=O)(=O)c2cccs2)CC1. The molecule has 0 bridgehead atoms. The summed E-state index contributed by atoms with van der Waals surface area (Å²) in [6, 6.07) is 9.13. The standard InChI is InChI=1S/C18H23N3O3S2/c1-20(11-9-16-5-2-3-10-19-16)18(22)15-7-12-21(13-8-15)26(23,24)17-6-4-14-25-17/h2-6,10,14-15H,7-9,11-13H2,1H3. The first kappa shape index (κ1) is 19.0. The average Bonchev–Trinajstić information content (AvgIpc) is 3.22. The van der Waals surface area contributed by atoms with Gasteiger partial charge in [-0.15, -0.1) is 11.3 Å². The Morgan fingerprint density at radius 2 is 2.04 bits per heavy atom. The van der Waals surface area contributed by atoms with E-state index < -0.39 is 10.0 Å². The minimum absolute atomic E-state index is 0.0918. The monoisotopic (exact) mass is 393 g/mol. The molecule has 6 nitrogen and oxygen atoms in total. The van der Waals surface area contributed by atoms with Gasteiger partial charge >= 0.3 is 0 Å². The fourth-order valence-electron chi connectivity index (χ4n) is 3.13. The molecule has 1 fully saturated rings. The maximum absolute atomic E-state index is 12.6. The molecule has 3 rings (SSSR count). The van der Waals surface area contributed by atoms with E-state index in [-0.39, 0.29) is 11.8 Å². The highest BCUT2D eigenvalue weighted by atomic mass is 32.2. The molecule has 1 aliphatic heterocycles. The van der Waals surface area contributed by atoms with Crippen molar-refractivity contribution in [2.24, 2.45) is 5.92 Å². The van der Waals surface area contributed by atoms with Gasteiger partial charge in [-0.3, -0.25) is 9.78 Å². The fraction of sp³-hybridized carbons (Fsp3) is 0.444. The van der Waals surface area contributed by atoms with E-state index >= 15 is 0 Å². The lowest BCUT2D eigenvalue weighted by Gasteiger charge is -2.32. The first-order valence-corrected chi connectivity index (χ1v) is 11.0. The van der Waals surface area contributed by atoms with Crippen LogP contribution in [0.3, 0.4) is 0 Å². The van der Waals surface area contributed by atoms with Crippen LogP contribution in [0, 0.1) is 5.92 Å². The zero-order chi connectivity index (χ0) is 18.6. The number of aromatic nitrogens is 1. The van der Waals surface area contributed by atoms with Gasteiger partial charge in [-0.25, -0.2) is 8.42 Å². The summed E-state index contributed by atoms with van der Waals surface area (Å²) in [5, 5.41) is 1.76. The summed E-state index contributed by atoms with van der Waals surface area (Å²) in [5.41, 5.74) is 0.962. The molecule has 3 heterocycles. The summed E-state index contributed by atoms with van der Waals surface area (Å²) in [4.78, 5) is 18.7. The van der Waals surface area contributed by atoms with Crippen LogP contribution in [0.25, 0.3) is 0 Å². The van der Waals surface area contributed by atoms with E-state index in [1.54, 1.807) is 35.7 Å². The summed E-state index contributed by atoms with van der Waals surface area (Å²) in [6.07, 6.45) is 3.60. The fourth-order valence-corrected chi connectivity index (χ4v) is 5.74. The van der Waals surface area contributed by atoms with Gasteiger partial charge in [0.15, 0.2) is 0 Å². The molecule has 0 aliphatic carbocycles. The summed E-state index contributed by atoms with van der Waals surface area (Å²) in [6.45, 7) is 1.40. The Labute approximate surface area is 158 Å². The van der Waals surface area contributed by atoms with Gasteiger partial charge in [-0.2, -0.15) is 4.31 Å². The number of amides is 1. The average molecular weight is 394 g/mol. The lowest BCUT2D eigenvalue weighted by atomic mass is 9.96. The maximum atomic E-state index is 12.6. The second-order valence-corrected chi connectivity index (χ2v) is 9.55. The third kappa shape index (κ3) is 4.31. The van der Waals surface area contributed by atoms with Crippen molar-refractivity contribution in [3.8, 4) is 0 Å². The minimum atomic E-state index is -3.42. The number of pyridine rings is 1. The van der Waals surface area contributed by atoms with Crippen LogP contribution in [0.5, 0.6) is 0 Å². The second kappa shape index (κ2) is 8.28. The van der Waals surface area contributed by atoms with E-state index in [2.05, 4.69) is 4.98 Å². The van der Waals surface area contributed by atoms with Crippen molar-refractivity contribution in [1.29, 1.82) is 0 Å². The van der Waals surface area contributed by atoms with E-state index in [9.17, 15) is 13.2 Å². The van der Waals surface area contributed by atoms with Gasteiger partial charge < -0.3 is 4.90 Å². The van der Waals surface area contributed by atoms with Crippen LogP contribution in [0.15, 0.2) is 46.1 Å². The number of hydrogen-bond acceptors (Lipinski definition) is 5. The van der Waals surface area contributed by atoms with Crippen molar-refractivity contribution in [2.75, 3.05) is 26.7 Å². The van der Waals surface area contributed by atoms with Crippen molar-refractivity contribution in [1.82, 2.24) is 14.2 Å². The molecule has 0 aromatic carbocycles. The normalized spacial score (nSPS) is 16.5. The van der Waals surface area contributed by atoms with Gasteiger partial charge in [0, 0.05) is 50.9 Å². The molecular weight excluding hydrogens is 370 g/mol. The minimum Gasteiger partial charge on any atom is -0.345 e. The second-order valence-electron chi connectivity index (χ2n) is 6.44. The number of piperidine rings is 1. The number of sulfonamides is 1. The van der Waals surface area contributed by atoms with Crippen LogP contribution in [0.4, 0.5) is 0 Å².